The third kappa shape index (κ3) is 4.27. The van der Waals surface area contributed by atoms with Crippen LogP contribution in [0.15, 0.2) is 78.4 Å². The summed E-state index contributed by atoms with van der Waals surface area (Å²) in [5.74, 6) is -1.19. The minimum Gasteiger partial charge on any atom is -0.497 e. The first kappa shape index (κ1) is 21.0. The number of rotatable bonds is 5. The molecule has 3 aromatic carbocycles. The van der Waals surface area contributed by atoms with Crippen molar-refractivity contribution >= 4 is 29.6 Å². The highest BCUT2D eigenvalue weighted by molar-refractivity contribution is 6.39. The predicted molar refractivity (Wildman–Crippen MR) is 118 cm³/mol. The highest BCUT2D eigenvalue weighted by Crippen LogP contribution is 2.24. The van der Waals surface area contributed by atoms with Crippen molar-refractivity contribution in [3.8, 4) is 5.75 Å². The summed E-state index contributed by atoms with van der Waals surface area (Å²) in [6.45, 7) is 0. The number of urea groups is 1. The van der Waals surface area contributed by atoms with E-state index in [0.717, 1.165) is 10.5 Å². The molecule has 0 aliphatic carbocycles. The molecule has 0 radical (unpaired) electrons. The predicted octanol–water partition coefficient (Wildman–Crippen LogP) is 4.09. The van der Waals surface area contributed by atoms with Gasteiger partial charge in [-0.25, -0.2) is 14.1 Å². The van der Waals surface area contributed by atoms with Crippen molar-refractivity contribution in [3.63, 3.8) is 0 Å². The van der Waals surface area contributed by atoms with Crippen LogP contribution < -0.4 is 15.0 Å². The molecule has 1 heterocycles. The molecule has 160 valence electrons. The first-order valence-electron chi connectivity index (χ1n) is 9.84. The molecule has 1 saturated heterocycles. The Labute approximate surface area is 183 Å². The largest absolute Gasteiger partial charge is 0.497 e. The van der Waals surface area contributed by atoms with Gasteiger partial charge in [0.1, 0.15) is 17.1 Å². The summed E-state index contributed by atoms with van der Waals surface area (Å²) < 4.78 is 19.0. The second kappa shape index (κ2) is 8.85. The molecule has 1 aliphatic rings. The van der Waals surface area contributed by atoms with Crippen LogP contribution in [0.5, 0.6) is 5.75 Å². The minimum absolute atomic E-state index is 0.165. The molecule has 6 nitrogen and oxygen atoms in total. The van der Waals surface area contributed by atoms with Crippen LogP contribution in [-0.2, 0) is 16.0 Å². The lowest BCUT2D eigenvalue weighted by molar-refractivity contribution is -0.122. The number of ether oxygens (including phenoxy) is 1. The van der Waals surface area contributed by atoms with Gasteiger partial charge in [-0.1, -0.05) is 42.5 Å². The fourth-order valence-corrected chi connectivity index (χ4v) is 3.38. The van der Waals surface area contributed by atoms with Crippen molar-refractivity contribution in [2.75, 3.05) is 12.0 Å². The standard InChI is InChI=1S/C25H19FN2O4/c1-32-20-12-10-19(11-13-20)28-24(30)21(23(29)27-25(28)31)15-17-8-6-16(7-9-17)14-18-4-2-3-5-22(18)26/h2-13,15H,14H2,1H3,(H,27,29,31)/b21-15+. The van der Waals surface area contributed by atoms with Gasteiger partial charge in [-0.05, 0) is 53.1 Å². The van der Waals surface area contributed by atoms with Crippen molar-refractivity contribution in [1.29, 1.82) is 0 Å². The summed E-state index contributed by atoms with van der Waals surface area (Å²) in [4.78, 5) is 38.5. The topological polar surface area (TPSA) is 75.7 Å². The molecule has 0 atom stereocenters. The first-order valence-corrected chi connectivity index (χ1v) is 9.84. The zero-order valence-corrected chi connectivity index (χ0v) is 17.2. The van der Waals surface area contributed by atoms with E-state index < -0.39 is 17.8 Å². The number of hydrogen-bond donors (Lipinski definition) is 1. The van der Waals surface area contributed by atoms with E-state index >= 15 is 0 Å². The molecule has 0 bridgehead atoms. The number of anilines is 1. The summed E-state index contributed by atoms with van der Waals surface area (Å²) in [6, 6.07) is 19.2. The Kier molecular flexibility index (Phi) is 5.81. The molecule has 32 heavy (non-hydrogen) atoms. The lowest BCUT2D eigenvalue weighted by atomic mass is 10.0. The van der Waals surface area contributed by atoms with Gasteiger partial charge in [0.2, 0.25) is 0 Å². The van der Waals surface area contributed by atoms with Gasteiger partial charge in [0.05, 0.1) is 12.8 Å². The van der Waals surface area contributed by atoms with Crippen molar-refractivity contribution in [2.45, 2.75) is 6.42 Å². The third-order valence-corrected chi connectivity index (χ3v) is 5.08. The van der Waals surface area contributed by atoms with E-state index in [9.17, 15) is 18.8 Å². The average Bonchev–Trinajstić information content (AvgIpc) is 2.79. The summed E-state index contributed by atoms with van der Waals surface area (Å²) in [5, 5.41) is 2.19. The van der Waals surface area contributed by atoms with Gasteiger partial charge in [0.15, 0.2) is 0 Å². The maximum atomic E-state index is 13.9. The Hall–Kier alpha value is -4.26. The number of nitrogens with zero attached hydrogens (tertiary/aromatic N) is 1. The Morgan fingerprint density at radius 3 is 2.28 bits per heavy atom. The fraction of sp³-hybridized carbons (Fsp3) is 0.0800. The quantitative estimate of drug-likeness (QED) is 0.489. The molecule has 4 rings (SSSR count). The number of carbonyl (C=O) groups excluding carboxylic acids is 3. The Bertz CT molecular complexity index is 1220. The number of methoxy groups -OCH3 is 1. The molecular weight excluding hydrogens is 411 g/mol. The van der Waals surface area contributed by atoms with Crippen LogP contribution in [0.3, 0.4) is 0 Å². The summed E-state index contributed by atoms with van der Waals surface area (Å²) >= 11 is 0. The smallest absolute Gasteiger partial charge is 0.335 e. The molecule has 4 amide bonds. The van der Waals surface area contributed by atoms with Gasteiger partial charge in [0, 0.05) is 6.42 Å². The van der Waals surface area contributed by atoms with E-state index in [1.165, 1.54) is 19.3 Å². The van der Waals surface area contributed by atoms with E-state index in [-0.39, 0.29) is 11.4 Å². The maximum Gasteiger partial charge on any atom is 0.335 e. The Morgan fingerprint density at radius 2 is 1.62 bits per heavy atom. The molecular formula is C25H19FN2O4. The number of halogens is 1. The number of barbiturate groups is 1. The molecule has 0 unspecified atom stereocenters. The summed E-state index contributed by atoms with van der Waals surface area (Å²) in [5.41, 5.74) is 2.21. The highest BCUT2D eigenvalue weighted by Gasteiger charge is 2.36. The van der Waals surface area contributed by atoms with Gasteiger partial charge in [-0.15, -0.1) is 0 Å². The second-order valence-corrected chi connectivity index (χ2v) is 7.17. The number of hydrogen-bond acceptors (Lipinski definition) is 4. The number of imide groups is 2. The van der Waals surface area contributed by atoms with Gasteiger partial charge in [-0.2, -0.15) is 0 Å². The Morgan fingerprint density at radius 1 is 0.938 bits per heavy atom. The lowest BCUT2D eigenvalue weighted by Gasteiger charge is -2.26. The number of carbonyl (C=O) groups is 3. The van der Waals surface area contributed by atoms with Crippen LogP contribution in [0.4, 0.5) is 14.9 Å². The maximum absolute atomic E-state index is 13.9. The average molecular weight is 430 g/mol. The van der Waals surface area contributed by atoms with Crippen LogP contribution >= 0.6 is 0 Å². The van der Waals surface area contributed by atoms with Crippen molar-refractivity contribution in [3.05, 3.63) is 101 Å². The molecule has 0 aromatic heterocycles. The molecule has 1 aliphatic heterocycles. The van der Waals surface area contributed by atoms with Crippen LogP contribution in [-0.4, -0.2) is 25.0 Å². The normalized spacial score (nSPS) is 15.1. The summed E-state index contributed by atoms with van der Waals surface area (Å²) in [7, 11) is 1.51. The van der Waals surface area contributed by atoms with E-state index in [1.807, 2.05) is 0 Å². The van der Waals surface area contributed by atoms with Crippen molar-refractivity contribution in [1.82, 2.24) is 5.32 Å². The number of nitrogens with one attached hydrogen (secondary N) is 1. The van der Waals surface area contributed by atoms with E-state index in [0.29, 0.717) is 29.0 Å². The molecule has 0 spiro atoms. The van der Waals surface area contributed by atoms with Gasteiger partial charge >= 0.3 is 6.03 Å². The summed E-state index contributed by atoms with van der Waals surface area (Å²) in [6.07, 6.45) is 1.84. The minimum atomic E-state index is -0.817. The van der Waals surface area contributed by atoms with E-state index in [4.69, 9.17) is 4.74 Å². The van der Waals surface area contributed by atoms with Crippen LogP contribution in [0.2, 0.25) is 0 Å². The zero-order chi connectivity index (χ0) is 22.7. The second-order valence-electron chi connectivity index (χ2n) is 7.17. The van der Waals surface area contributed by atoms with Crippen LogP contribution in [0.1, 0.15) is 16.7 Å². The molecule has 1 N–H and O–H groups in total. The monoisotopic (exact) mass is 430 g/mol. The van der Waals surface area contributed by atoms with Gasteiger partial charge < -0.3 is 4.74 Å². The van der Waals surface area contributed by atoms with Crippen molar-refractivity contribution in [2.24, 2.45) is 0 Å². The molecule has 1 fully saturated rings. The molecule has 7 heteroatoms. The van der Waals surface area contributed by atoms with Gasteiger partial charge in [0.25, 0.3) is 11.8 Å². The van der Waals surface area contributed by atoms with Gasteiger partial charge in [-0.3, -0.25) is 14.9 Å². The van der Waals surface area contributed by atoms with E-state index in [1.54, 1.807) is 66.7 Å². The highest BCUT2D eigenvalue weighted by atomic mass is 19.1. The van der Waals surface area contributed by atoms with Crippen LogP contribution in [0, 0.1) is 5.82 Å². The molecule has 3 aromatic rings. The SMILES string of the molecule is COc1ccc(N2C(=O)NC(=O)/C(=C\c3ccc(Cc4ccccc4F)cc3)C2=O)cc1. The van der Waals surface area contributed by atoms with Crippen LogP contribution in [0.25, 0.3) is 6.08 Å². The lowest BCUT2D eigenvalue weighted by Crippen LogP contribution is -2.54. The van der Waals surface area contributed by atoms with E-state index in [2.05, 4.69) is 5.32 Å². The zero-order valence-electron chi connectivity index (χ0n) is 17.2. The first-order chi connectivity index (χ1) is 15.5. The fourth-order valence-electron chi connectivity index (χ4n) is 3.38. The third-order valence-electron chi connectivity index (χ3n) is 5.08. The number of benzene rings is 3. The number of amides is 4. The van der Waals surface area contributed by atoms with Crippen molar-refractivity contribution < 1.29 is 23.5 Å². The Balaban J connectivity index is 1.57. The molecule has 0 saturated carbocycles.